The van der Waals surface area contributed by atoms with Crippen molar-refractivity contribution in [2.45, 2.75) is 0 Å². The Hall–Kier alpha value is -4.84. The Morgan fingerprint density at radius 2 is 0.765 bits per heavy atom. The largest absolute Gasteiger partial charge is 0.507 e. The molecule has 0 saturated carbocycles. The van der Waals surface area contributed by atoms with Crippen LogP contribution in [-0.2, 0) is 0 Å². The molecule has 4 N–H and O–H groups in total. The first-order valence-corrected chi connectivity index (χ1v) is 10.6. The minimum Gasteiger partial charge on any atom is -0.507 e. The monoisotopic (exact) mass is 446 g/mol. The lowest BCUT2D eigenvalue weighted by molar-refractivity contribution is 0.466. The summed E-state index contributed by atoms with van der Waals surface area (Å²) in [4.78, 5) is 25.7. The van der Waals surface area contributed by atoms with Crippen LogP contribution in [0.15, 0.2) is 70.3 Å². The van der Waals surface area contributed by atoms with E-state index in [4.69, 9.17) is 0 Å². The van der Waals surface area contributed by atoms with Gasteiger partial charge in [0.1, 0.15) is 23.0 Å². The van der Waals surface area contributed by atoms with Crippen LogP contribution < -0.4 is 10.9 Å². The number of fused-ring (bicyclic) bond motifs is 6. The van der Waals surface area contributed by atoms with Crippen molar-refractivity contribution in [2.75, 3.05) is 0 Å². The molecule has 0 heterocycles. The summed E-state index contributed by atoms with van der Waals surface area (Å²) in [7, 11) is 0. The molecule has 0 saturated heterocycles. The molecule has 6 heteroatoms. The van der Waals surface area contributed by atoms with Gasteiger partial charge >= 0.3 is 0 Å². The normalized spacial score (nSPS) is 12.2. The van der Waals surface area contributed by atoms with Crippen LogP contribution in [0.25, 0.3) is 64.6 Å². The first-order valence-electron chi connectivity index (χ1n) is 10.6. The Kier molecular flexibility index (Phi) is 3.27. The van der Waals surface area contributed by atoms with Crippen molar-refractivity contribution in [2.24, 2.45) is 0 Å². The molecule has 0 atom stereocenters. The summed E-state index contributed by atoms with van der Waals surface area (Å²) < 4.78 is 0. The molecule has 0 aliphatic rings. The van der Waals surface area contributed by atoms with E-state index in [-0.39, 0.29) is 44.5 Å². The molecule has 0 amide bonds. The summed E-state index contributed by atoms with van der Waals surface area (Å²) in [6, 6.07) is 15.6. The highest BCUT2D eigenvalue weighted by molar-refractivity contribution is 6.44. The average Bonchev–Trinajstić information content (AvgIpc) is 2.81. The van der Waals surface area contributed by atoms with Gasteiger partial charge in [-0.1, -0.05) is 36.4 Å². The number of hydrogen-bond acceptors (Lipinski definition) is 6. The van der Waals surface area contributed by atoms with Gasteiger partial charge in [0.2, 0.25) is 0 Å². The van der Waals surface area contributed by atoms with E-state index in [1.165, 1.54) is 24.3 Å². The molecule has 0 spiro atoms. The summed E-state index contributed by atoms with van der Waals surface area (Å²) >= 11 is 0. The molecule has 0 fully saturated rings. The van der Waals surface area contributed by atoms with E-state index in [1.54, 1.807) is 36.4 Å². The fraction of sp³-hybridized carbons (Fsp3) is 0. The van der Waals surface area contributed by atoms with E-state index in [9.17, 15) is 30.0 Å². The zero-order chi connectivity index (χ0) is 23.5. The van der Waals surface area contributed by atoms with E-state index in [1.807, 2.05) is 0 Å². The van der Waals surface area contributed by atoms with Crippen molar-refractivity contribution in [1.29, 1.82) is 0 Å². The number of phenolic OH excluding ortho intramolecular Hbond substituents is 4. The first-order chi connectivity index (χ1) is 16.4. The SMILES string of the molecule is O=c1cccc2c1c(O)c1c(O)ccc3c4ccc(O)c5c(O)c6c(=O)cccc6c(c54)c2c13. The smallest absolute Gasteiger partial charge is 0.190 e. The van der Waals surface area contributed by atoms with Crippen LogP contribution in [-0.4, -0.2) is 20.4 Å². The van der Waals surface area contributed by atoms with Crippen molar-refractivity contribution in [3.63, 3.8) is 0 Å². The molecule has 7 aromatic rings. The molecule has 0 bridgehead atoms. The van der Waals surface area contributed by atoms with Crippen LogP contribution in [0, 0.1) is 0 Å². The Morgan fingerprint density at radius 1 is 0.382 bits per heavy atom. The standard InChI is InChI=1S/C28H14O6/c29-15-5-1-3-13-19(15)27(33)25-17(31)9-7-11-12-8-10-18(32)26-22(12)24(23(13)21(11)25)14-4-2-6-16(30)20(14)28(26)34/h1-10,31-34H. The molecule has 162 valence electrons. The maximum Gasteiger partial charge on any atom is 0.190 e. The van der Waals surface area contributed by atoms with Crippen molar-refractivity contribution >= 4 is 64.6 Å². The van der Waals surface area contributed by atoms with Crippen molar-refractivity contribution in [3.8, 4) is 23.0 Å². The van der Waals surface area contributed by atoms with Gasteiger partial charge in [-0.05, 0) is 56.6 Å². The molecule has 6 nitrogen and oxygen atoms in total. The number of phenols is 4. The molecular formula is C28H14O6. The Morgan fingerprint density at radius 3 is 1.18 bits per heavy atom. The maximum absolute atomic E-state index is 12.9. The van der Waals surface area contributed by atoms with Gasteiger partial charge in [-0.3, -0.25) is 9.59 Å². The van der Waals surface area contributed by atoms with E-state index in [0.717, 1.165) is 0 Å². The van der Waals surface area contributed by atoms with Crippen molar-refractivity contribution in [3.05, 3.63) is 81.1 Å². The number of rotatable bonds is 0. The van der Waals surface area contributed by atoms with Crippen LogP contribution in [0.1, 0.15) is 0 Å². The quantitative estimate of drug-likeness (QED) is 0.192. The highest BCUT2D eigenvalue weighted by atomic mass is 16.3. The third-order valence-corrected chi connectivity index (χ3v) is 6.95. The highest BCUT2D eigenvalue weighted by Gasteiger charge is 2.26. The highest BCUT2D eigenvalue weighted by Crippen LogP contribution is 2.53. The average molecular weight is 446 g/mol. The molecule has 7 rings (SSSR count). The van der Waals surface area contributed by atoms with Crippen molar-refractivity contribution in [1.82, 2.24) is 0 Å². The summed E-state index contributed by atoms with van der Waals surface area (Å²) in [6.07, 6.45) is 0. The number of hydrogen-bond donors (Lipinski definition) is 4. The van der Waals surface area contributed by atoms with Crippen LogP contribution in [0.4, 0.5) is 0 Å². The van der Waals surface area contributed by atoms with Gasteiger partial charge in [-0.15, -0.1) is 0 Å². The van der Waals surface area contributed by atoms with Crippen LogP contribution >= 0.6 is 0 Å². The molecule has 0 radical (unpaired) electrons. The van der Waals surface area contributed by atoms with Gasteiger partial charge in [0.05, 0.1) is 21.5 Å². The van der Waals surface area contributed by atoms with Gasteiger partial charge in [-0.2, -0.15) is 0 Å². The molecular weight excluding hydrogens is 432 g/mol. The predicted molar refractivity (Wildman–Crippen MR) is 133 cm³/mol. The minimum absolute atomic E-state index is 0.0497. The first kappa shape index (κ1) is 18.7. The molecule has 0 aliphatic heterocycles. The Balaban J connectivity index is 2.07. The van der Waals surface area contributed by atoms with Crippen LogP contribution in [0.5, 0.6) is 23.0 Å². The third kappa shape index (κ3) is 1.97. The lowest BCUT2D eigenvalue weighted by atomic mass is 9.83. The maximum atomic E-state index is 12.9. The topological polar surface area (TPSA) is 115 Å². The number of benzene rings is 7. The summed E-state index contributed by atoms with van der Waals surface area (Å²) in [6.45, 7) is 0. The van der Waals surface area contributed by atoms with Gasteiger partial charge in [0.15, 0.2) is 10.9 Å². The Bertz CT molecular complexity index is 1990. The lowest BCUT2D eigenvalue weighted by Crippen LogP contribution is -2.02. The molecule has 0 aromatic heterocycles. The third-order valence-electron chi connectivity index (χ3n) is 6.95. The van der Waals surface area contributed by atoms with Gasteiger partial charge in [-0.25, -0.2) is 0 Å². The van der Waals surface area contributed by atoms with Crippen molar-refractivity contribution < 1.29 is 20.4 Å². The second-order valence-electron chi connectivity index (χ2n) is 8.57. The van der Waals surface area contributed by atoms with E-state index in [0.29, 0.717) is 43.1 Å². The van der Waals surface area contributed by atoms with Gasteiger partial charge in [0.25, 0.3) is 0 Å². The zero-order valence-corrected chi connectivity index (χ0v) is 17.4. The van der Waals surface area contributed by atoms with Crippen LogP contribution in [0.2, 0.25) is 0 Å². The lowest BCUT2D eigenvalue weighted by Gasteiger charge is -2.20. The fourth-order valence-corrected chi connectivity index (χ4v) is 5.64. The van der Waals surface area contributed by atoms with Gasteiger partial charge < -0.3 is 20.4 Å². The summed E-state index contributed by atoms with van der Waals surface area (Å²) in [5, 5.41) is 48.5. The van der Waals surface area contributed by atoms with E-state index in [2.05, 4.69) is 0 Å². The number of aromatic hydroxyl groups is 4. The van der Waals surface area contributed by atoms with Crippen LogP contribution in [0.3, 0.4) is 0 Å². The van der Waals surface area contributed by atoms with E-state index >= 15 is 0 Å². The second kappa shape index (κ2) is 5.94. The summed E-state index contributed by atoms with van der Waals surface area (Å²) in [5.74, 6) is -1.00. The zero-order valence-electron chi connectivity index (χ0n) is 17.4. The molecule has 34 heavy (non-hydrogen) atoms. The Labute approximate surface area is 189 Å². The fourth-order valence-electron chi connectivity index (χ4n) is 5.64. The summed E-state index contributed by atoms with van der Waals surface area (Å²) in [5.41, 5.74) is -0.827. The molecule has 7 aromatic carbocycles. The molecule has 0 aliphatic carbocycles. The second-order valence-corrected chi connectivity index (χ2v) is 8.57. The minimum atomic E-state index is -0.413. The predicted octanol–water partition coefficient (Wildman–Crippen LogP) is 5.02. The van der Waals surface area contributed by atoms with Gasteiger partial charge in [0, 0.05) is 10.8 Å². The van der Waals surface area contributed by atoms with E-state index < -0.39 is 10.9 Å². The molecule has 0 unspecified atom stereocenters.